The average molecular weight is 358 g/mol. The number of benzene rings is 1. The van der Waals surface area contributed by atoms with E-state index < -0.39 is 12.0 Å². The van der Waals surface area contributed by atoms with Crippen LogP contribution >= 0.6 is 15.9 Å². The van der Waals surface area contributed by atoms with Gasteiger partial charge in [0.25, 0.3) is 0 Å². The van der Waals surface area contributed by atoms with Gasteiger partial charge in [-0.05, 0) is 40.5 Å². The number of hydrogen-bond donors (Lipinski definition) is 4. The molecule has 0 aliphatic heterocycles. The van der Waals surface area contributed by atoms with Crippen molar-refractivity contribution in [2.24, 2.45) is 0 Å². The van der Waals surface area contributed by atoms with Crippen LogP contribution in [0.15, 0.2) is 22.7 Å². The van der Waals surface area contributed by atoms with E-state index in [9.17, 15) is 14.4 Å². The van der Waals surface area contributed by atoms with Crippen LogP contribution in [0, 0.1) is 0 Å². The van der Waals surface area contributed by atoms with Crippen LogP contribution < -0.4 is 16.0 Å². The zero-order chi connectivity index (χ0) is 15.8. The number of rotatable bonds is 6. The summed E-state index contributed by atoms with van der Waals surface area (Å²) >= 11 is 3.17. The molecule has 0 saturated carbocycles. The van der Waals surface area contributed by atoms with Gasteiger partial charge < -0.3 is 21.1 Å². The number of halogens is 1. The number of carbonyl (C=O) groups is 3. The molecule has 1 aromatic carbocycles. The Kier molecular flexibility index (Phi) is 6.67. The van der Waals surface area contributed by atoms with E-state index in [0.717, 1.165) is 6.42 Å². The summed E-state index contributed by atoms with van der Waals surface area (Å²) in [4.78, 5) is 33.7. The molecule has 0 spiro atoms. The molecule has 0 atom stereocenters. The predicted octanol–water partition coefficient (Wildman–Crippen LogP) is 1.79. The molecule has 1 rings (SSSR count). The van der Waals surface area contributed by atoms with Crippen LogP contribution in [-0.4, -0.2) is 36.1 Å². The van der Waals surface area contributed by atoms with Gasteiger partial charge in [-0.2, -0.15) is 0 Å². The summed E-state index contributed by atoms with van der Waals surface area (Å²) in [6.07, 6.45) is 0.820. The van der Waals surface area contributed by atoms with Gasteiger partial charge in [0.2, 0.25) is 5.91 Å². The first kappa shape index (κ1) is 17.0. The number of carbonyl (C=O) groups excluding carboxylic acids is 2. The first-order chi connectivity index (χ1) is 9.93. The molecule has 0 aromatic heterocycles. The smallest absolute Gasteiger partial charge is 0.335 e. The van der Waals surface area contributed by atoms with Crippen molar-refractivity contribution in [2.75, 3.05) is 18.4 Å². The first-order valence-electron chi connectivity index (χ1n) is 6.28. The number of anilines is 1. The third-order valence-electron chi connectivity index (χ3n) is 2.45. The van der Waals surface area contributed by atoms with Gasteiger partial charge in [-0.3, -0.25) is 4.79 Å². The molecule has 21 heavy (non-hydrogen) atoms. The van der Waals surface area contributed by atoms with Crippen LogP contribution in [0.5, 0.6) is 0 Å². The molecule has 4 N–H and O–H groups in total. The Hall–Kier alpha value is -2.09. The second-order valence-corrected chi connectivity index (χ2v) is 5.01. The molecule has 0 aliphatic carbocycles. The molecule has 0 heterocycles. The summed E-state index contributed by atoms with van der Waals surface area (Å²) in [5.74, 6) is -1.33. The maximum atomic E-state index is 11.6. The van der Waals surface area contributed by atoms with Crippen molar-refractivity contribution in [2.45, 2.75) is 13.3 Å². The highest BCUT2D eigenvalue weighted by molar-refractivity contribution is 9.10. The van der Waals surface area contributed by atoms with Crippen molar-refractivity contribution >= 4 is 39.5 Å². The zero-order valence-electron chi connectivity index (χ0n) is 11.4. The Morgan fingerprint density at radius 3 is 2.52 bits per heavy atom. The molecular weight excluding hydrogens is 342 g/mol. The Morgan fingerprint density at radius 2 is 1.95 bits per heavy atom. The molecule has 0 unspecified atom stereocenters. The SMILES string of the molecule is CCCNC(=O)CNC(=O)Nc1ccc(C(=O)O)cc1Br. The van der Waals surface area contributed by atoms with Crippen LogP contribution in [0.3, 0.4) is 0 Å². The molecule has 8 heteroatoms. The average Bonchev–Trinajstić information content (AvgIpc) is 2.44. The van der Waals surface area contributed by atoms with Crippen molar-refractivity contribution < 1.29 is 19.5 Å². The van der Waals surface area contributed by atoms with Gasteiger partial charge in [-0.25, -0.2) is 9.59 Å². The lowest BCUT2D eigenvalue weighted by Gasteiger charge is -2.09. The molecule has 0 aliphatic rings. The van der Waals surface area contributed by atoms with E-state index in [1.807, 2.05) is 6.92 Å². The van der Waals surface area contributed by atoms with E-state index in [2.05, 4.69) is 31.9 Å². The van der Waals surface area contributed by atoms with Crippen LogP contribution in [0.25, 0.3) is 0 Å². The van der Waals surface area contributed by atoms with Crippen LogP contribution in [-0.2, 0) is 4.79 Å². The fraction of sp³-hybridized carbons (Fsp3) is 0.308. The van der Waals surface area contributed by atoms with Crippen molar-refractivity contribution in [3.63, 3.8) is 0 Å². The number of hydrogen-bond acceptors (Lipinski definition) is 3. The lowest BCUT2D eigenvalue weighted by molar-refractivity contribution is -0.120. The fourth-order valence-electron chi connectivity index (χ4n) is 1.40. The Labute approximate surface area is 130 Å². The monoisotopic (exact) mass is 357 g/mol. The third-order valence-corrected chi connectivity index (χ3v) is 3.10. The minimum atomic E-state index is -1.06. The molecule has 7 nitrogen and oxygen atoms in total. The van der Waals surface area contributed by atoms with Gasteiger partial charge in [0.15, 0.2) is 0 Å². The molecule has 1 aromatic rings. The second kappa shape index (κ2) is 8.25. The first-order valence-corrected chi connectivity index (χ1v) is 7.07. The highest BCUT2D eigenvalue weighted by Gasteiger charge is 2.10. The van der Waals surface area contributed by atoms with Crippen LogP contribution in [0.2, 0.25) is 0 Å². The standard InChI is InChI=1S/C13H16BrN3O4/c1-2-5-15-11(18)7-16-13(21)17-10-4-3-8(12(19)20)6-9(10)14/h3-4,6H,2,5,7H2,1H3,(H,15,18)(H,19,20)(H2,16,17,21). The van der Waals surface area contributed by atoms with E-state index >= 15 is 0 Å². The molecule has 114 valence electrons. The molecule has 0 fully saturated rings. The van der Waals surface area contributed by atoms with E-state index in [1.54, 1.807) is 0 Å². The summed E-state index contributed by atoms with van der Waals surface area (Å²) in [7, 11) is 0. The highest BCUT2D eigenvalue weighted by Crippen LogP contribution is 2.23. The zero-order valence-corrected chi connectivity index (χ0v) is 13.0. The topological polar surface area (TPSA) is 108 Å². The van der Waals surface area contributed by atoms with Gasteiger partial charge in [0.05, 0.1) is 17.8 Å². The minimum Gasteiger partial charge on any atom is -0.478 e. The molecule has 0 bridgehead atoms. The maximum Gasteiger partial charge on any atom is 0.335 e. The number of urea groups is 1. The normalized spacial score (nSPS) is 9.81. The van der Waals surface area contributed by atoms with Crippen molar-refractivity contribution in [1.82, 2.24) is 10.6 Å². The summed E-state index contributed by atoms with van der Waals surface area (Å²) in [6.45, 7) is 2.36. The molecule has 0 saturated heterocycles. The Morgan fingerprint density at radius 1 is 1.24 bits per heavy atom. The van der Waals surface area contributed by atoms with Crippen molar-refractivity contribution in [3.05, 3.63) is 28.2 Å². The van der Waals surface area contributed by atoms with Crippen molar-refractivity contribution in [3.8, 4) is 0 Å². The summed E-state index contributed by atoms with van der Waals surface area (Å²) in [5.41, 5.74) is 0.512. The summed E-state index contributed by atoms with van der Waals surface area (Å²) in [6, 6.07) is 3.66. The van der Waals surface area contributed by atoms with Gasteiger partial charge in [0, 0.05) is 11.0 Å². The van der Waals surface area contributed by atoms with E-state index in [1.165, 1.54) is 18.2 Å². The fourth-order valence-corrected chi connectivity index (χ4v) is 1.88. The molecular formula is C13H16BrN3O4. The van der Waals surface area contributed by atoms with Gasteiger partial charge in [-0.15, -0.1) is 0 Å². The quantitative estimate of drug-likeness (QED) is 0.622. The number of nitrogens with one attached hydrogen (secondary N) is 3. The number of carboxylic acid groups (broad SMARTS) is 1. The summed E-state index contributed by atoms with van der Waals surface area (Å²) < 4.78 is 0.438. The van der Waals surface area contributed by atoms with E-state index in [0.29, 0.717) is 16.7 Å². The second-order valence-electron chi connectivity index (χ2n) is 4.16. The highest BCUT2D eigenvalue weighted by atomic mass is 79.9. The summed E-state index contributed by atoms with van der Waals surface area (Å²) in [5, 5.41) is 16.4. The molecule has 0 radical (unpaired) electrons. The van der Waals surface area contributed by atoms with E-state index in [4.69, 9.17) is 5.11 Å². The number of amides is 3. The predicted molar refractivity (Wildman–Crippen MR) is 81.4 cm³/mol. The lowest BCUT2D eigenvalue weighted by Crippen LogP contribution is -2.39. The van der Waals surface area contributed by atoms with Gasteiger partial charge in [-0.1, -0.05) is 6.92 Å². The Balaban J connectivity index is 2.51. The Bertz CT molecular complexity index is 548. The maximum absolute atomic E-state index is 11.6. The molecule has 3 amide bonds. The number of carboxylic acids is 1. The van der Waals surface area contributed by atoms with Gasteiger partial charge in [0.1, 0.15) is 0 Å². The number of aromatic carboxylic acids is 1. The van der Waals surface area contributed by atoms with E-state index in [-0.39, 0.29) is 18.0 Å². The minimum absolute atomic E-state index is 0.103. The van der Waals surface area contributed by atoms with Crippen LogP contribution in [0.1, 0.15) is 23.7 Å². The largest absolute Gasteiger partial charge is 0.478 e. The van der Waals surface area contributed by atoms with Crippen LogP contribution in [0.4, 0.5) is 10.5 Å². The van der Waals surface area contributed by atoms with Gasteiger partial charge >= 0.3 is 12.0 Å². The third kappa shape index (κ3) is 5.82. The lowest BCUT2D eigenvalue weighted by atomic mass is 10.2. The van der Waals surface area contributed by atoms with Crippen molar-refractivity contribution in [1.29, 1.82) is 0 Å².